The first-order valence-corrected chi connectivity index (χ1v) is 23.5. The van der Waals surface area contributed by atoms with Crippen LogP contribution in [0.1, 0.15) is 0 Å². The van der Waals surface area contributed by atoms with Gasteiger partial charge in [-0.1, -0.05) is 183 Å². The Kier molecular flexibility index (Phi) is 10.1. The Morgan fingerprint density at radius 3 is 1.15 bits per heavy atom. The second kappa shape index (κ2) is 16.0. The van der Waals surface area contributed by atoms with Crippen molar-refractivity contribution >= 4 is 177 Å². The van der Waals surface area contributed by atoms with Crippen molar-refractivity contribution in [1.82, 2.24) is 9.13 Å². The highest BCUT2D eigenvalue weighted by Gasteiger charge is 2.28. The van der Waals surface area contributed by atoms with Gasteiger partial charge >= 0.3 is 0 Å². The van der Waals surface area contributed by atoms with Crippen LogP contribution in [0.25, 0.3) is 99.5 Å². The summed E-state index contributed by atoms with van der Waals surface area (Å²) in [5.74, 6) is 0. The lowest BCUT2D eigenvalue weighted by Gasteiger charge is -2.24. The third-order valence-electron chi connectivity index (χ3n) is 15.4. The fourth-order valence-electron chi connectivity index (χ4n) is 11.6. The molecule has 0 amide bonds. The van der Waals surface area contributed by atoms with E-state index in [2.05, 4.69) is 245 Å². The Morgan fingerprint density at radius 1 is 0.258 bits per heavy atom. The van der Waals surface area contributed by atoms with Gasteiger partial charge in [-0.05, 0) is 68.6 Å². The Balaban J connectivity index is 1.26. The zero-order valence-electron chi connectivity index (χ0n) is 39.9. The summed E-state index contributed by atoms with van der Waals surface area (Å²) in [6.07, 6.45) is 0. The lowest BCUT2D eigenvalue weighted by atomic mass is 9.62. The van der Waals surface area contributed by atoms with E-state index in [1.807, 2.05) is 0 Å². The maximum atomic E-state index is 2.60. The highest BCUT2D eigenvalue weighted by atomic mass is 15.0. The van der Waals surface area contributed by atoms with Gasteiger partial charge in [0.2, 0.25) is 0 Å². The summed E-state index contributed by atoms with van der Waals surface area (Å²) >= 11 is 0. The number of aromatic nitrogens is 2. The van der Waals surface area contributed by atoms with Crippen LogP contribution in [-0.4, -0.2) is 87.6 Å². The summed E-state index contributed by atoms with van der Waals surface area (Å²) in [5.41, 5.74) is 30.9. The van der Waals surface area contributed by atoms with E-state index in [1.54, 1.807) is 0 Å². The number of rotatable bonds is 6. The highest BCUT2D eigenvalue weighted by Crippen LogP contribution is 2.39. The first-order chi connectivity index (χ1) is 32.0. The molecule has 66 heavy (non-hydrogen) atoms. The number of para-hydroxylation sites is 1. The van der Waals surface area contributed by atoms with E-state index < -0.39 is 0 Å². The molecule has 2 nitrogen and oxygen atoms in total. The van der Waals surface area contributed by atoms with Gasteiger partial charge in [-0.3, -0.25) is 0 Å². The molecule has 0 bridgehead atoms. The van der Waals surface area contributed by atoms with Gasteiger partial charge in [-0.2, -0.15) is 0 Å². The largest absolute Gasteiger partial charge is 0.310 e. The van der Waals surface area contributed by atoms with Crippen molar-refractivity contribution in [3.05, 3.63) is 158 Å². The third-order valence-corrected chi connectivity index (χ3v) is 15.4. The molecule has 12 heteroatoms. The fourth-order valence-corrected chi connectivity index (χ4v) is 11.6. The van der Waals surface area contributed by atoms with Crippen LogP contribution in [0.2, 0.25) is 0 Å². The van der Waals surface area contributed by atoms with Gasteiger partial charge in [0.15, 0.2) is 0 Å². The van der Waals surface area contributed by atoms with Crippen molar-refractivity contribution in [3.8, 4) is 55.9 Å². The van der Waals surface area contributed by atoms with Crippen molar-refractivity contribution in [2.24, 2.45) is 0 Å². The first-order valence-electron chi connectivity index (χ1n) is 23.5. The van der Waals surface area contributed by atoms with Gasteiger partial charge in [-0.15, -0.1) is 5.46 Å². The second-order valence-electron chi connectivity index (χ2n) is 18.7. The molecule has 0 aliphatic rings. The van der Waals surface area contributed by atoms with Crippen LogP contribution in [0, 0.1) is 0 Å². The molecule has 0 N–H and O–H groups in total. The lowest BCUT2D eigenvalue weighted by Crippen LogP contribution is -2.48. The maximum absolute atomic E-state index is 2.60. The second-order valence-corrected chi connectivity index (χ2v) is 18.7. The zero-order chi connectivity index (χ0) is 45.7. The molecule has 2 aromatic heterocycles. The molecule has 0 radical (unpaired) electrons. The van der Waals surface area contributed by atoms with E-state index in [1.165, 1.54) is 154 Å². The predicted octanol–water partition coefficient (Wildman–Crippen LogP) is -2.87. The van der Waals surface area contributed by atoms with Crippen molar-refractivity contribution in [3.63, 3.8) is 0 Å². The van der Waals surface area contributed by atoms with Crippen LogP contribution in [0.3, 0.4) is 0 Å². The fraction of sp³-hybridized carbons (Fsp3) is 0. The number of nitrogens with zero attached hydrogens (tertiary/aromatic N) is 2. The van der Waals surface area contributed by atoms with Crippen molar-refractivity contribution < 1.29 is 0 Å². The molecule has 0 atom stereocenters. The Hall–Kier alpha value is -6.77. The summed E-state index contributed by atoms with van der Waals surface area (Å²) < 4.78 is 5.17. The molecular formula is C54H46B10N2. The maximum Gasteiger partial charge on any atom is 0.141 e. The van der Waals surface area contributed by atoms with Gasteiger partial charge in [0.25, 0.3) is 0 Å². The monoisotopic (exact) mass is 832 g/mol. The quantitative estimate of drug-likeness (QED) is 0.160. The minimum atomic E-state index is 1.17. The molecular weight excluding hydrogens is 785 g/mol. The smallest absolute Gasteiger partial charge is 0.141 e. The molecule has 0 fully saturated rings. The number of benzene rings is 9. The molecule has 11 rings (SSSR count). The first kappa shape index (κ1) is 41.9. The summed E-state index contributed by atoms with van der Waals surface area (Å²) in [4.78, 5) is 0. The van der Waals surface area contributed by atoms with Crippen LogP contribution in [0.15, 0.2) is 158 Å². The Morgan fingerprint density at radius 2 is 0.636 bits per heavy atom. The molecule has 0 aliphatic heterocycles. The van der Waals surface area contributed by atoms with E-state index >= 15 is 0 Å². The van der Waals surface area contributed by atoms with E-state index in [4.69, 9.17) is 0 Å². The zero-order valence-corrected chi connectivity index (χ0v) is 39.9. The van der Waals surface area contributed by atoms with Gasteiger partial charge in [0.1, 0.15) is 78.5 Å². The normalized spacial score (nSPS) is 11.6. The third kappa shape index (κ3) is 6.17. The van der Waals surface area contributed by atoms with Crippen LogP contribution < -0.4 is 54.6 Å². The van der Waals surface area contributed by atoms with E-state index in [9.17, 15) is 0 Å². The molecule has 0 saturated carbocycles. The molecule has 0 unspecified atom stereocenters. The van der Waals surface area contributed by atoms with Crippen molar-refractivity contribution in [2.45, 2.75) is 0 Å². The topological polar surface area (TPSA) is 9.86 Å². The van der Waals surface area contributed by atoms with E-state index in [0.29, 0.717) is 0 Å². The average molecular weight is 831 g/mol. The number of fused-ring (bicyclic) bond motifs is 6. The van der Waals surface area contributed by atoms with Gasteiger partial charge in [-0.25, -0.2) is 0 Å². The molecule has 0 spiro atoms. The molecule has 302 valence electrons. The predicted molar refractivity (Wildman–Crippen MR) is 319 cm³/mol. The Bertz CT molecular complexity index is 3810. The van der Waals surface area contributed by atoms with Crippen molar-refractivity contribution in [2.75, 3.05) is 0 Å². The minimum Gasteiger partial charge on any atom is -0.310 e. The number of hydrogen-bond donors (Lipinski definition) is 0. The summed E-state index contributed by atoms with van der Waals surface area (Å²) in [5, 5.41) is 5.33. The van der Waals surface area contributed by atoms with Crippen molar-refractivity contribution in [1.29, 1.82) is 0 Å². The van der Waals surface area contributed by atoms with Crippen LogP contribution in [0.5, 0.6) is 0 Å². The van der Waals surface area contributed by atoms with Gasteiger partial charge in [0, 0.05) is 49.6 Å². The summed E-state index contributed by atoms with van der Waals surface area (Å²) in [7, 11) is 23.6. The number of hydrogen-bond acceptors (Lipinski definition) is 0. The highest BCUT2D eigenvalue weighted by molar-refractivity contribution is 6.70. The van der Waals surface area contributed by atoms with E-state index in [0.717, 1.165) is 0 Å². The SMILES string of the molecule is Bc1c(B)c(B)c2c(c1B)c1c(B)c(-c3c(B)c(B)c4c(c3B)c3cccc(-c5ccccc5)c3n4-c3cccc(-c4ccccc4)c3)c(B)c(B)c1n2-c1cccc(-c2ccccc2)c1. The minimum absolute atomic E-state index is 1.17. The van der Waals surface area contributed by atoms with Gasteiger partial charge in [0.05, 0.1) is 5.52 Å². The molecule has 11 aromatic rings. The lowest BCUT2D eigenvalue weighted by molar-refractivity contribution is 1.19. The average Bonchev–Trinajstić information content (AvgIpc) is 3.91. The van der Waals surface area contributed by atoms with E-state index in [-0.39, 0.29) is 0 Å². The summed E-state index contributed by atoms with van der Waals surface area (Å²) in [6, 6.07) is 57.7. The molecule has 0 saturated heterocycles. The Labute approximate surface area is 397 Å². The summed E-state index contributed by atoms with van der Waals surface area (Å²) in [6.45, 7) is 0. The van der Waals surface area contributed by atoms with Gasteiger partial charge < -0.3 is 9.13 Å². The standard InChI is InChI=1S/C54H46B10N2/c55-41-36-35-24-12-23-34(29-17-8-3-9-18-29)51(35)65(32-21-10-19-30(25-32)27-13-4-1-5-14-27)52(36)48(62)43(57)37(41)38-42(56)39-40-45(59)46(60)47(61)50(64)54(40)66(53(39)49(63)44(38)58)33-22-11-20-31(26-33)28-15-6-2-7-16-28/h1-26H,55-64H2. The van der Waals surface area contributed by atoms with Crippen LogP contribution >= 0.6 is 0 Å². The van der Waals surface area contributed by atoms with Crippen LogP contribution in [0.4, 0.5) is 0 Å². The van der Waals surface area contributed by atoms with Crippen LogP contribution in [-0.2, 0) is 0 Å². The molecule has 9 aromatic carbocycles. The molecule has 0 aliphatic carbocycles. The molecule has 2 heterocycles.